The van der Waals surface area contributed by atoms with Gasteiger partial charge in [-0.1, -0.05) is 6.42 Å². The van der Waals surface area contributed by atoms with Crippen LogP contribution in [0.5, 0.6) is 0 Å². The van der Waals surface area contributed by atoms with E-state index in [1.807, 2.05) is 11.3 Å². The number of rotatable bonds is 3. The third-order valence-electron chi connectivity index (χ3n) is 4.83. The molecular weight excluding hydrogens is 228 g/mol. The Balaban J connectivity index is 1.65. The molecule has 4 atom stereocenters. The Morgan fingerprint density at radius 3 is 2.71 bits per heavy atom. The van der Waals surface area contributed by atoms with Crippen LogP contribution in [0.1, 0.15) is 41.3 Å². The predicted molar refractivity (Wildman–Crippen MR) is 72.2 cm³/mol. The van der Waals surface area contributed by atoms with Gasteiger partial charge in [-0.3, -0.25) is 0 Å². The molecule has 2 N–H and O–H groups in total. The quantitative estimate of drug-likeness (QED) is 0.895. The Kier molecular flexibility index (Phi) is 2.99. The van der Waals surface area contributed by atoms with Crippen molar-refractivity contribution in [1.29, 1.82) is 0 Å². The molecule has 94 valence electrons. The van der Waals surface area contributed by atoms with Crippen LogP contribution in [0.2, 0.25) is 0 Å². The Bertz CT molecular complexity index is 393. The lowest BCUT2D eigenvalue weighted by atomic mass is 9.82. The minimum absolute atomic E-state index is 0.343. The summed E-state index contributed by atoms with van der Waals surface area (Å²) in [5.74, 6) is 2.70. The van der Waals surface area contributed by atoms with E-state index in [4.69, 9.17) is 5.73 Å². The van der Waals surface area contributed by atoms with E-state index in [-0.39, 0.29) is 0 Å². The molecule has 1 aromatic heterocycles. The minimum Gasteiger partial charge on any atom is -0.327 e. The molecule has 0 spiro atoms. The second-order valence-corrected chi connectivity index (χ2v) is 7.24. The van der Waals surface area contributed by atoms with E-state index in [0.29, 0.717) is 6.04 Å². The number of aromatic nitrogens is 1. The first-order chi connectivity index (χ1) is 8.13. The average Bonchev–Trinajstić information content (AvgIpc) is 2.95. The topological polar surface area (TPSA) is 38.9 Å². The van der Waals surface area contributed by atoms with Crippen LogP contribution in [-0.4, -0.2) is 11.0 Å². The highest BCUT2D eigenvalue weighted by Gasteiger charge is 2.42. The fraction of sp³-hybridized carbons (Fsp3) is 0.786. The largest absolute Gasteiger partial charge is 0.327 e. The molecule has 2 nitrogen and oxygen atoms in total. The second-order valence-electron chi connectivity index (χ2n) is 5.96. The highest BCUT2D eigenvalue weighted by atomic mass is 32.1. The van der Waals surface area contributed by atoms with Crippen molar-refractivity contribution in [1.82, 2.24) is 4.98 Å². The zero-order valence-electron chi connectivity index (χ0n) is 10.8. The maximum Gasteiger partial charge on any atom is 0.0946 e. The first-order valence-corrected chi connectivity index (χ1v) is 7.63. The predicted octanol–water partition coefficient (Wildman–Crippen LogP) is 3.07. The van der Waals surface area contributed by atoms with Gasteiger partial charge in [0.25, 0.3) is 0 Å². The summed E-state index contributed by atoms with van der Waals surface area (Å²) in [6.07, 6.45) is 6.72. The van der Waals surface area contributed by atoms with Gasteiger partial charge in [0, 0.05) is 17.3 Å². The van der Waals surface area contributed by atoms with Crippen LogP contribution in [0.25, 0.3) is 0 Å². The Morgan fingerprint density at radius 1 is 1.35 bits per heavy atom. The fourth-order valence-corrected chi connectivity index (χ4v) is 4.80. The van der Waals surface area contributed by atoms with Crippen LogP contribution in [0.3, 0.4) is 0 Å². The number of thiazole rings is 1. The molecule has 0 aromatic carbocycles. The smallest absolute Gasteiger partial charge is 0.0946 e. The number of hydrogen-bond donors (Lipinski definition) is 1. The fourth-order valence-electron chi connectivity index (χ4n) is 3.80. The molecule has 1 aromatic rings. The van der Waals surface area contributed by atoms with Crippen LogP contribution in [0, 0.1) is 31.6 Å². The van der Waals surface area contributed by atoms with E-state index in [0.717, 1.165) is 24.2 Å². The van der Waals surface area contributed by atoms with E-state index in [2.05, 4.69) is 18.8 Å². The SMILES string of the molecule is Cc1nc(CC(N)C2CC3CCC2C3)sc1C. The van der Waals surface area contributed by atoms with Gasteiger partial charge < -0.3 is 5.73 Å². The third-order valence-corrected chi connectivity index (χ3v) is 5.92. The van der Waals surface area contributed by atoms with Crippen molar-refractivity contribution in [2.24, 2.45) is 23.5 Å². The van der Waals surface area contributed by atoms with Crippen LogP contribution in [0.15, 0.2) is 0 Å². The Hall–Kier alpha value is -0.410. The summed E-state index contributed by atoms with van der Waals surface area (Å²) < 4.78 is 0. The van der Waals surface area contributed by atoms with Gasteiger partial charge in [-0.15, -0.1) is 11.3 Å². The van der Waals surface area contributed by atoms with Gasteiger partial charge in [-0.05, 0) is 50.9 Å². The van der Waals surface area contributed by atoms with Crippen LogP contribution in [0.4, 0.5) is 0 Å². The summed E-state index contributed by atoms with van der Waals surface area (Å²) in [5.41, 5.74) is 7.61. The zero-order chi connectivity index (χ0) is 12.0. The van der Waals surface area contributed by atoms with Crippen molar-refractivity contribution in [3.8, 4) is 0 Å². The molecule has 2 bridgehead atoms. The molecule has 2 aliphatic carbocycles. The highest BCUT2D eigenvalue weighted by molar-refractivity contribution is 7.11. The normalized spacial score (nSPS) is 33.2. The number of aryl methyl sites for hydroxylation is 2. The summed E-state index contributed by atoms with van der Waals surface area (Å²) in [6.45, 7) is 4.25. The molecule has 0 amide bonds. The molecule has 1 heterocycles. The molecule has 0 radical (unpaired) electrons. The van der Waals surface area contributed by atoms with Crippen molar-refractivity contribution in [2.75, 3.05) is 0 Å². The number of nitrogens with two attached hydrogens (primary N) is 1. The van der Waals surface area contributed by atoms with Gasteiger partial charge in [0.1, 0.15) is 0 Å². The van der Waals surface area contributed by atoms with E-state index in [1.165, 1.54) is 41.3 Å². The average molecular weight is 250 g/mol. The Morgan fingerprint density at radius 2 is 2.18 bits per heavy atom. The molecule has 3 heteroatoms. The molecule has 17 heavy (non-hydrogen) atoms. The summed E-state index contributed by atoms with van der Waals surface area (Å²) in [7, 11) is 0. The summed E-state index contributed by atoms with van der Waals surface area (Å²) in [4.78, 5) is 5.97. The van der Waals surface area contributed by atoms with Gasteiger partial charge >= 0.3 is 0 Å². The maximum absolute atomic E-state index is 6.42. The third kappa shape index (κ3) is 2.15. The van der Waals surface area contributed by atoms with Gasteiger partial charge in [-0.2, -0.15) is 0 Å². The Labute approximate surface area is 108 Å². The molecule has 2 aliphatic rings. The molecular formula is C14H22N2S. The van der Waals surface area contributed by atoms with E-state index in [1.54, 1.807) is 0 Å². The standard InChI is InChI=1S/C14H22N2S/c1-8-9(2)17-14(16-8)7-13(15)12-6-10-3-4-11(12)5-10/h10-13H,3-7,15H2,1-2H3. The van der Waals surface area contributed by atoms with Crippen LogP contribution < -0.4 is 5.73 Å². The van der Waals surface area contributed by atoms with E-state index < -0.39 is 0 Å². The van der Waals surface area contributed by atoms with Crippen molar-refractivity contribution >= 4 is 11.3 Å². The van der Waals surface area contributed by atoms with E-state index in [9.17, 15) is 0 Å². The lowest BCUT2D eigenvalue weighted by Gasteiger charge is -2.27. The summed E-state index contributed by atoms with van der Waals surface area (Å²) >= 11 is 1.83. The first-order valence-electron chi connectivity index (χ1n) is 6.82. The van der Waals surface area contributed by atoms with Crippen LogP contribution >= 0.6 is 11.3 Å². The molecule has 0 aliphatic heterocycles. The van der Waals surface area contributed by atoms with Crippen LogP contribution in [-0.2, 0) is 6.42 Å². The number of fused-ring (bicyclic) bond motifs is 2. The van der Waals surface area contributed by atoms with E-state index >= 15 is 0 Å². The molecule has 2 fully saturated rings. The summed E-state index contributed by atoms with van der Waals surface area (Å²) in [6, 6.07) is 0.343. The van der Waals surface area contributed by atoms with Gasteiger partial charge in [0.2, 0.25) is 0 Å². The van der Waals surface area contributed by atoms with Crippen molar-refractivity contribution in [3.05, 3.63) is 15.6 Å². The molecule has 2 saturated carbocycles. The van der Waals surface area contributed by atoms with Gasteiger partial charge in [0.05, 0.1) is 10.7 Å². The lowest BCUT2D eigenvalue weighted by molar-refractivity contribution is 0.280. The van der Waals surface area contributed by atoms with Crippen molar-refractivity contribution in [2.45, 2.75) is 52.0 Å². The zero-order valence-corrected chi connectivity index (χ0v) is 11.6. The van der Waals surface area contributed by atoms with Crippen molar-refractivity contribution < 1.29 is 0 Å². The molecule has 3 rings (SSSR count). The van der Waals surface area contributed by atoms with Crippen molar-refractivity contribution in [3.63, 3.8) is 0 Å². The lowest BCUT2D eigenvalue weighted by Crippen LogP contribution is -2.35. The molecule has 4 unspecified atom stereocenters. The first kappa shape index (κ1) is 11.7. The monoisotopic (exact) mass is 250 g/mol. The number of nitrogens with zero attached hydrogens (tertiary/aromatic N) is 1. The minimum atomic E-state index is 0.343. The maximum atomic E-state index is 6.42. The number of hydrogen-bond acceptors (Lipinski definition) is 3. The summed E-state index contributed by atoms with van der Waals surface area (Å²) in [5, 5.41) is 1.25. The molecule has 0 saturated heterocycles. The van der Waals surface area contributed by atoms with Gasteiger partial charge in [-0.25, -0.2) is 4.98 Å². The second kappa shape index (κ2) is 4.36. The highest BCUT2D eigenvalue weighted by Crippen LogP contribution is 2.49. The van der Waals surface area contributed by atoms with Gasteiger partial charge in [0.15, 0.2) is 0 Å².